The number of ketones is 1. The van der Waals surface area contributed by atoms with Crippen LogP contribution in [0.25, 0.3) is 22.3 Å². The number of sulfone groups is 1. The fourth-order valence-corrected chi connectivity index (χ4v) is 5.98. The maximum atomic E-state index is 12.7. The number of aromatic hydroxyl groups is 1. The molecule has 0 radical (unpaired) electrons. The minimum absolute atomic E-state index is 0.0565. The second kappa shape index (κ2) is 7.90. The van der Waals surface area contributed by atoms with Crippen molar-refractivity contribution >= 4 is 36.6 Å². The predicted octanol–water partition coefficient (Wildman–Crippen LogP) is 3.11. The van der Waals surface area contributed by atoms with Crippen molar-refractivity contribution in [2.24, 2.45) is 5.14 Å². The van der Waals surface area contributed by atoms with Gasteiger partial charge in [-0.1, -0.05) is 36.4 Å². The van der Waals surface area contributed by atoms with Gasteiger partial charge in [0.15, 0.2) is 15.6 Å². The summed E-state index contributed by atoms with van der Waals surface area (Å²) < 4.78 is 54.6. The SMILES string of the molecule is NS(=O)(=O)c1ccccc1S(=O)(=O)CC(=O)c1ccc(-c2cc3ccccc3o2)c(O)c1. The van der Waals surface area contributed by atoms with Gasteiger partial charge in [0.05, 0.1) is 10.5 Å². The second-order valence-corrected chi connectivity index (χ2v) is 10.5. The fourth-order valence-electron chi connectivity index (χ4n) is 3.30. The summed E-state index contributed by atoms with van der Waals surface area (Å²) in [6, 6.07) is 17.8. The summed E-state index contributed by atoms with van der Waals surface area (Å²) in [6.07, 6.45) is 0. The molecular weight excluding hydrogens is 454 g/mol. The molecule has 0 aliphatic rings. The van der Waals surface area contributed by atoms with E-state index < -0.39 is 41.2 Å². The summed E-state index contributed by atoms with van der Waals surface area (Å²) in [5.74, 6) is -1.70. The zero-order valence-corrected chi connectivity index (χ0v) is 18.1. The summed E-state index contributed by atoms with van der Waals surface area (Å²) in [5, 5.41) is 16.4. The number of hydrogen-bond donors (Lipinski definition) is 2. The summed E-state index contributed by atoms with van der Waals surface area (Å²) in [5.41, 5.74) is 0.904. The van der Waals surface area contributed by atoms with Crippen LogP contribution in [0.4, 0.5) is 0 Å². The molecule has 10 heteroatoms. The Kier molecular flexibility index (Phi) is 5.37. The molecule has 0 unspecified atom stereocenters. The van der Waals surface area contributed by atoms with Gasteiger partial charge in [-0.3, -0.25) is 4.79 Å². The van der Waals surface area contributed by atoms with Crippen molar-refractivity contribution in [1.29, 1.82) is 0 Å². The Hall–Kier alpha value is -3.47. The summed E-state index contributed by atoms with van der Waals surface area (Å²) >= 11 is 0. The molecule has 0 aliphatic carbocycles. The van der Waals surface area contributed by atoms with Gasteiger partial charge in [-0.2, -0.15) is 0 Å². The molecule has 1 heterocycles. The van der Waals surface area contributed by atoms with Gasteiger partial charge in [-0.25, -0.2) is 22.0 Å². The molecule has 0 spiro atoms. The predicted molar refractivity (Wildman–Crippen MR) is 118 cm³/mol. The number of sulfonamides is 1. The van der Waals surface area contributed by atoms with Crippen molar-refractivity contribution in [3.8, 4) is 17.1 Å². The van der Waals surface area contributed by atoms with Gasteiger partial charge in [0.25, 0.3) is 0 Å². The van der Waals surface area contributed by atoms with Gasteiger partial charge in [0.2, 0.25) is 10.0 Å². The van der Waals surface area contributed by atoms with Crippen molar-refractivity contribution in [3.63, 3.8) is 0 Å². The van der Waals surface area contributed by atoms with E-state index in [0.717, 1.165) is 23.6 Å². The summed E-state index contributed by atoms with van der Waals surface area (Å²) in [7, 11) is -8.63. The van der Waals surface area contributed by atoms with Gasteiger partial charge in [0, 0.05) is 10.9 Å². The van der Waals surface area contributed by atoms with E-state index in [2.05, 4.69) is 0 Å². The van der Waals surface area contributed by atoms with Gasteiger partial charge in [0.1, 0.15) is 27.7 Å². The highest BCUT2D eigenvalue weighted by molar-refractivity contribution is 7.94. The van der Waals surface area contributed by atoms with Crippen molar-refractivity contribution in [2.45, 2.75) is 9.79 Å². The molecule has 0 bridgehead atoms. The molecule has 164 valence electrons. The molecule has 8 nitrogen and oxygen atoms in total. The first-order valence-corrected chi connectivity index (χ1v) is 12.5. The monoisotopic (exact) mass is 471 g/mol. The van der Waals surface area contributed by atoms with Crippen LogP contribution < -0.4 is 5.14 Å². The molecule has 3 N–H and O–H groups in total. The molecule has 4 aromatic rings. The van der Waals surface area contributed by atoms with Gasteiger partial charge in [-0.15, -0.1) is 0 Å². The smallest absolute Gasteiger partial charge is 0.239 e. The van der Waals surface area contributed by atoms with E-state index >= 15 is 0 Å². The van der Waals surface area contributed by atoms with Crippen LogP contribution in [-0.2, 0) is 19.9 Å². The fraction of sp³-hybridized carbons (Fsp3) is 0.0455. The normalized spacial score (nSPS) is 12.2. The molecule has 1 aromatic heterocycles. The Bertz CT molecular complexity index is 1540. The third kappa shape index (κ3) is 4.15. The number of phenolic OH excluding ortho intramolecular Hbond substituents is 1. The maximum Gasteiger partial charge on any atom is 0.239 e. The first kappa shape index (κ1) is 21.8. The van der Waals surface area contributed by atoms with E-state index in [9.17, 15) is 26.7 Å². The molecule has 3 aromatic carbocycles. The van der Waals surface area contributed by atoms with Crippen LogP contribution in [0.2, 0.25) is 0 Å². The number of rotatable bonds is 6. The molecule has 0 fully saturated rings. The number of para-hydroxylation sites is 1. The molecular formula is C22H17NO7S2. The third-order valence-electron chi connectivity index (χ3n) is 4.82. The minimum atomic E-state index is -4.32. The molecule has 0 aliphatic heterocycles. The number of hydrogen-bond acceptors (Lipinski definition) is 7. The lowest BCUT2D eigenvalue weighted by Crippen LogP contribution is -2.21. The Morgan fingerprint density at radius 1 is 0.875 bits per heavy atom. The van der Waals surface area contributed by atoms with Crippen LogP contribution in [0.15, 0.2) is 87.0 Å². The van der Waals surface area contributed by atoms with Crippen molar-refractivity contribution in [3.05, 3.63) is 78.4 Å². The Morgan fingerprint density at radius 2 is 1.53 bits per heavy atom. The van der Waals surface area contributed by atoms with E-state index in [1.165, 1.54) is 24.3 Å². The third-order valence-corrected chi connectivity index (χ3v) is 7.59. The number of carbonyl (C=O) groups is 1. The highest BCUT2D eigenvalue weighted by atomic mass is 32.2. The topological polar surface area (TPSA) is 145 Å². The Morgan fingerprint density at radius 3 is 2.19 bits per heavy atom. The molecule has 0 saturated heterocycles. The highest BCUT2D eigenvalue weighted by Crippen LogP contribution is 2.34. The summed E-state index contributed by atoms with van der Waals surface area (Å²) in [6.45, 7) is 0. The zero-order chi connectivity index (χ0) is 23.1. The van der Waals surface area contributed by atoms with Gasteiger partial charge in [-0.05, 0) is 36.4 Å². The lowest BCUT2D eigenvalue weighted by Gasteiger charge is -2.09. The van der Waals surface area contributed by atoms with E-state index in [1.807, 2.05) is 18.2 Å². The number of phenols is 1. The van der Waals surface area contributed by atoms with E-state index in [-0.39, 0.29) is 11.3 Å². The standard InChI is InChI=1S/C22H17NO7S2/c23-32(28,29)22-8-4-3-7-21(22)31(26,27)13-18(25)14-9-10-16(17(24)11-14)20-12-15-5-1-2-6-19(15)30-20/h1-12,24H,13H2,(H2,23,28,29). The minimum Gasteiger partial charge on any atom is -0.507 e. The van der Waals surface area contributed by atoms with Crippen LogP contribution in [-0.4, -0.2) is 33.5 Å². The van der Waals surface area contributed by atoms with E-state index in [0.29, 0.717) is 16.9 Å². The average Bonchev–Trinajstić information content (AvgIpc) is 3.16. The van der Waals surface area contributed by atoms with Crippen molar-refractivity contribution in [1.82, 2.24) is 0 Å². The number of benzene rings is 3. The highest BCUT2D eigenvalue weighted by Gasteiger charge is 2.27. The van der Waals surface area contributed by atoms with Crippen LogP contribution in [0.1, 0.15) is 10.4 Å². The van der Waals surface area contributed by atoms with Gasteiger partial charge >= 0.3 is 0 Å². The molecule has 0 saturated carbocycles. The van der Waals surface area contributed by atoms with E-state index in [1.54, 1.807) is 12.1 Å². The lowest BCUT2D eigenvalue weighted by atomic mass is 10.1. The number of Topliss-reactive ketones (excluding diaryl/α,β-unsaturated/α-hetero) is 1. The first-order valence-electron chi connectivity index (χ1n) is 9.26. The molecule has 0 amide bonds. The molecule has 0 atom stereocenters. The number of furan rings is 1. The number of nitrogens with two attached hydrogens (primary N) is 1. The van der Waals surface area contributed by atoms with Crippen LogP contribution in [0, 0.1) is 0 Å². The average molecular weight is 472 g/mol. The van der Waals surface area contributed by atoms with Crippen molar-refractivity contribution < 1.29 is 31.2 Å². The lowest BCUT2D eigenvalue weighted by molar-refractivity contribution is 0.102. The molecule has 32 heavy (non-hydrogen) atoms. The second-order valence-electron chi connectivity index (χ2n) is 7.05. The number of fused-ring (bicyclic) bond motifs is 1. The quantitative estimate of drug-likeness (QED) is 0.411. The van der Waals surface area contributed by atoms with Crippen LogP contribution in [0.5, 0.6) is 5.75 Å². The first-order chi connectivity index (χ1) is 15.1. The maximum absolute atomic E-state index is 12.7. The Labute approximate surface area is 183 Å². The van der Waals surface area contributed by atoms with E-state index in [4.69, 9.17) is 9.56 Å². The number of carbonyl (C=O) groups excluding carboxylic acids is 1. The zero-order valence-electron chi connectivity index (χ0n) is 16.4. The summed E-state index contributed by atoms with van der Waals surface area (Å²) in [4.78, 5) is 11.5. The van der Waals surface area contributed by atoms with Gasteiger partial charge < -0.3 is 9.52 Å². The number of primary sulfonamides is 1. The van der Waals surface area contributed by atoms with Crippen LogP contribution >= 0.6 is 0 Å². The Balaban J connectivity index is 1.64. The van der Waals surface area contributed by atoms with Crippen LogP contribution in [0.3, 0.4) is 0 Å². The molecule has 4 rings (SSSR count). The van der Waals surface area contributed by atoms with Crippen molar-refractivity contribution in [2.75, 3.05) is 5.75 Å². The largest absolute Gasteiger partial charge is 0.507 e.